The van der Waals surface area contributed by atoms with Crippen LogP contribution >= 0.6 is 0 Å². The third-order valence-corrected chi connectivity index (χ3v) is 10.2. The Kier molecular flexibility index (Phi) is 4.61. The number of para-hydroxylation sites is 2. The van der Waals surface area contributed by atoms with E-state index in [2.05, 4.69) is 167 Å². The number of fused-ring (bicyclic) bond motifs is 5. The second kappa shape index (κ2) is 8.74. The number of rotatable bonds is 3. The molecule has 0 radical (unpaired) electrons. The Morgan fingerprint density at radius 3 is 1.76 bits per heavy atom. The summed E-state index contributed by atoms with van der Waals surface area (Å²) in [5, 5.41) is 13.2. The molecule has 0 N–H and O–H groups in total. The van der Waals surface area contributed by atoms with Crippen molar-refractivity contribution in [2.24, 2.45) is 0 Å². The summed E-state index contributed by atoms with van der Waals surface area (Å²) >= 11 is 0. The van der Waals surface area contributed by atoms with Crippen LogP contribution < -0.4 is 0 Å². The van der Waals surface area contributed by atoms with Gasteiger partial charge >= 0.3 is 0 Å². The number of hydrogen-bond acceptors (Lipinski definition) is 0. The lowest BCUT2D eigenvalue weighted by Crippen LogP contribution is -1.98. The summed E-state index contributed by atoms with van der Waals surface area (Å²) in [5.74, 6) is 0. The molecule has 0 aliphatic rings. The zero-order valence-electron chi connectivity index (χ0n) is 24.9. The molecule has 212 valence electrons. The van der Waals surface area contributed by atoms with Gasteiger partial charge in [0, 0.05) is 38.3 Å². The highest BCUT2D eigenvalue weighted by Crippen LogP contribution is 2.50. The molecular formula is C44H26N2. The van der Waals surface area contributed by atoms with E-state index in [0.717, 1.165) is 0 Å². The van der Waals surface area contributed by atoms with E-state index in [-0.39, 0.29) is 0 Å². The molecule has 46 heavy (non-hydrogen) atoms. The molecule has 0 saturated heterocycles. The van der Waals surface area contributed by atoms with Gasteiger partial charge in [-0.2, -0.15) is 0 Å². The first-order chi connectivity index (χ1) is 22.8. The summed E-state index contributed by atoms with van der Waals surface area (Å²) in [4.78, 5) is 0. The Hall–Kier alpha value is -6.12. The molecule has 0 aliphatic carbocycles. The minimum absolute atomic E-state index is 1.17. The molecule has 2 heteroatoms. The van der Waals surface area contributed by atoms with Crippen LogP contribution in [0, 0.1) is 0 Å². The van der Waals surface area contributed by atoms with Gasteiger partial charge in [0.2, 0.25) is 0 Å². The molecule has 0 amide bonds. The predicted octanol–water partition coefficient (Wildman–Crippen LogP) is 11.9. The van der Waals surface area contributed by atoms with E-state index in [1.165, 1.54) is 98.4 Å². The third-order valence-electron chi connectivity index (χ3n) is 10.2. The maximum atomic E-state index is 2.54. The maximum Gasteiger partial charge on any atom is 0.0795 e. The fourth-order valence-corrected chi connectivity index (χ4v) is 8.31. The quantitative estimate of drug-likeness (QED) is 0.145. The fraction of sp³-hybridized carbons (Fsp3) is 0. The van der Waals surface area contributed by atoms with Gasteiger partial charge in [-0.15, -0.1) is 0 Å². The third kappa shape index (κ3) is 3.01. The van der Waals surface area contributed by atoms with Crippen LogP contribution in [0.3, 0.4) is 0 Å². The highest BCUT2D eigenvalue weighted by molar-refractivity contribution is 6.43. The molecule has 9 aromatic carbocycles. The summed E-state index contributed by atoms with van der Waals surface area (Å²) in [7, 11) is 0. The Morgan fingerprint density at radius 2 is 0.935 bits per heavy atom. The van der Waals surface area contributed by atoms with Crippen molar-refractivity contribution in [3.8, 4) is 22.5 Å². The lowest BCUT2D eigenvalue weighted by molar-refractivity contribution is 1.15. The van der Waals surface area contributed by atoms with Crippen LogP contribution in [0.2, 0.25) is 0 Å². The highest BCUT2D eigenvalue weighted by atomic mass is 15.0. The van der Waals surface area contributed by atoms with Crippen molar-refractivity contribution in [2.45, 2.75) is 0 Å². The van der Waals surface area contributed by atoms with Gasteiger partial charge in [-0.1, -0.05) is 115 Å². The Balaban J connectivity index is 1.41. The number of benzene rings is 9. The molecule has 0 atom stereocenters. The SMILES string of the molecule is c1ccc(-c2ccc(-n3c4ccc5ccc6cccc7c8cc9c%10ccccc%10n(-c%10ccccc%10)c9c3c8c4c5c67)cc2)cc1. The smallest absolute Gasteiger partial charge is 0.0795 e. The van der Waals surface area contributed by atoms with Crippen LogP contribution in [-0.4, -0.2) is 9.13 Å². The van der Waals surface area contributed by atoms with E-state index in [1.54, 1.807) is 0 Å². The van der Waals surface area contributed by atoms with E-state index < -0.39 is 0 Å². The molecule has 11 aromatic rings. The molecule has 2 nitrogen and oxygen atoms in total. The summed E-state index contributed by atoms with van der Waals surface area (Å²) in [6.45, 7) is 0. The molecule has 2 heterocycles. The highest BCUT2D eigenvalue weighted by Gasteiger charge is 2.26. The minimum atomic E-state index is 1.17. The van der Waals surface area contributed by atoms with Gasteiger partial charge < -0.3 is 9.13 Å². The molecule has 0 aliphatic heterocycles. The van der Waals surface area contributed by atoms with Crippen LogP contribution in [0.25, 0.3) is 98.4 Å². The van der Waals surface area contributed by atoms with Crippen LogP contribution in [0.1, 0.15) is 0 Å². The van der Waals surface area contributed by atoms with E-state index >= 15 is 0 Å². The van der Waals surface area contributed by atoms with E-state index in [4.69, 9.17) is 0 Å². The largest absolute Gasteiger partial charge is 0.307 e. The van der Waals surface area contributed by atoms with Gasteiger partial charge in [-0.3, -0.25) is 0 Å². The second-order valence-electron chi connectivity index (χ2n) is 12.5. The van der Waals surface area contributed by atoms with Crippen molar-refractivity contribution in [2.75, 3.05) is 0 Å². The Labute approximate surface area is 264 Å². The van der Waals surface area contributed by atoms with Gasteiger partial charge in [-0.05, 0) is 80.5 Å². The van der Waals surface area contributed by atoms with Crippen LogP contribution in [0.15, 0.2) is 158 Å². The standard InChI is InChI=1S/C44H26N2/c1-3-10-27(11-4-1)28-20-23-32(24-21-28)46-38-25-22-30-19-18-29-12-9-16-34-35-26-36-33-15-7-8-17-37(33)45(31-13-5-2-6-14-31)43(36)44(46)41(35)42(38)40(30)39(29)34/h1-26H. The van der Waals surface area contributed by atoms with E-state index in [1.807, 2.05) is 0 Å². The van der Waals surface area contributed by atoms with E-state index in [9.17, 15) is 0 Å². The zero-order chi connectivity index (χ0) is 29.9. The molecule has 11 rings (SSSR count). The van der Waals surface area contributed by atoms with Crippen LogP contribution in [0.5, 0.6) is 0 Å². The molecule has 2 aromatic heterocycles. The first kappa shape index (κ1) is 24.2. The second-order valence-corrected chi connectivity index (χ2v) is 12.5. The number of aromatic nitrogens is 2. The minimum Gasteiger partial charge on any atom is -0.307 e. The molecule has 0 spiro atoms. The lowest BCUT2D eigenvalue weighted by atomic mass is 9.89. The zero-order valence-corrected chi connectivity index (χ0v) is 24.9. The fourth-order valence-electron chi connectivity index (χ4n) is 8.31. The van der Waals surface area contributed by atoms with Crippen molar-refractivity contribution in [1.82, 2.24) is 9.13 Å². The molecule has 0 saturated carbocycles. The molecule has 0 fully saturated rings. The summed E-state index contributed by atoms with van der Waals surface area (Å²) in [6.07, 6.45) is 0. The van der Waals surface area contributed by atoms with Crippen molar-refractivity contribution >= 4 is 75.9 Å². The van der Waals surface area contributed by atoms with Crippen molar-refractivity contribution in [1.29, 1.82) is 0 Å². The van der Waals surface area contributed by atoms with Gasteiger partial charge in [-0.25, -0.2) is 0 Å². The van der Waals surface area contributed by atoms with Crippen LogP contribution in [-0.2, 0) is 0 Å². The van der Waals surface area contributed by atoms with E-state index in [0.29, 0.717) is 0 Å². The average molecular weight is 583 g/mol. The van der Waals surface area contributed by atoms with Gasteiger partial charge in [0.15, 0.2) is 0 Å². The van der Waals surface area contributed by atoms with Gasteiger partial charge in [0.05, 0.1) is 22.1 Å². The summed E-state index contributed by atoms with van der Waals surface area (Å²) in [5.41, 5.74) is 9.76. The lowest BCUT2D eigenvalue weighted by Gasteiger charge is -2.14. The number of nitrogens with zero attached hydrogens (tertiary/aromatic N) is 2. The summed E-state index contributed by atoms with van der Waals surface area (Å²) in [6, 6.07) is 58.0. The Bertz CT molecular complexity index is 2930. The van der Waals surface area contributed by atoms with Crippen molar-refractivity contribution in [3.63, 3.8) is 0 Å². The first-order valence-corrected chi connectivity index (χ1v) is 16.0. The summed E-state index contributed by atoms with van der Waals surface area (Å²) < 4.78 is 5.02. The first-order valence-electron chi connectivity index (χ1n) is 16.0. The average Bonchev–Trinajstić information content (AvgIpc) is 3.65. The maximum absolute atomic E-state index is 2.54. The topological polar surface area (TPSA) is 9.86 Å². The monoisotopic (exact) mass is 582 g/mol. The molecular weight excluding hydrogens is 556 g/mol. The molecule has 0 bridgehead atoms. The molecule has 0 unspecified atom stereocenters. The van der Waals surface area contributed by atoms with Crippen molar-refractivity contribution < 1.29 is 0 Å². The Morgan fingerprint density at radius 1 is 0.304 bits per heavy atom. The predicted molar refractivity (Wildman–Crippen MR) is 195 cm³/mol. The normalized spacial score (nSPS) is 12.3. The van der Waals surface area contributed by atoms with Crippen LogP contribution in [0.4, 0.5) is 0 Å². The van der Waals surface area contributed by atoms with Gasteiger partial charge in [0.1, 0.15) is 0 Å². The number of hydrogen-bond donors (Lipinski definition) is 0. The van der Waals surface area contributed by atoms with Crippen molar-refractivity contribution in [3.05, 3.63) is 158 Å². The van der Waals surface area contributed by atoms with Gasteiger partial charge in [0.25, 0.3) is 0 Å².